The molecule has 0 spiro atoms. The SMILES string of the molecule is CCCCCC(C)(C)OOC(=O)OCCCCOC(=O)OOC(C)(C)CCCCC. The van der Waals surface area contributed by atoms with E-state index in [1.165, 1.54) is 0 Å². The molecule has 0 fully saturated rings. The zero-order chi connectivity index (χ0) is 22.9. The van der Waals surface area contributed by atoms with Gasteiger partial charge in [-0.15, -0.1) is 0 Å². The summed E-state index contributed by atoms with van der Waals surface area (Å²) in [6.45, 7) is 12.0. The summed E-state index contributed by atoms with van der Waals surface area (Å²) in [5, 5.41) is 0. The summed E-state index contributed by atoms with van der Waals surface area (Å²) in [6, 6.07) is 0. The molecule has 0 saturated carbocycles. The van der Waals surface area contributed by atoms with Crippen molar-refractivity contribution in [1.82, 2.24) is 0 Å². The average molecular weight is 435 g/mol. The Morgan fingerprint density at radius 2 is 0.967 bits per heavy atom. The molecule has 30 heavy (non-hydrogen) atoms. The van der Waals surface area contributed by atoms with Crippen LogP contribution in [0.3, 0.4) is 0 Å². The second-order valence-corrected chi connectivity index (χ2v) is 8.67. The van der Waals surface area contributed by atoms with Gasteiger partial charge in [0.2, 0.25) is 0 Å². The van der Waals surface area contributed by atoms with Crippen molar-refractivity contribution >= 4 is 12.3 Å². The predicted molar refractivity (Wildman–Crippen MR) is 113 cm³/mol. The Morgan fingerprint density at radius 1 is 0.600 bits per heavy atom. The van der Waals surface area contributed by atoms with Crippen molar-refractivity contribution in [3.05, 3.63) is 0 Å². The minimum Gasteiger partial charge on any atom is -0.432 e. The lowest BCUT2D eigenvalue weighted by molar-refractivity contribution is -0.319. The van der Waals surface area contributed by atoms with E-state index in [1.807, 2.05) is 27.7 Å². The van der Waals surface area contributed by atoms with Crippen LogP contribution in [0.1, 0.15) is 106 Å². The standard InChI is InChI=1S/C22H42O8/c1-7-9-11-15-21(3,4)29-27-19(23)25-17-13-14-18-26-20(24)28-30-22(5,6)16-12-10-8-2/h7-18H2,1-6H3. The van der Waals surface area contributed by atoms with E-state index >= 15 is 0 Å². The number of unbranched alkanes of at least 4 members (excludes halogenated alkanes) is 5. The Hall–Kier alpha value is -1.54. The van der Waals surface area contributed by atoms with Gasteiger partial charge in [0.1, 0.15) is 11.2 Å². The molecule has 0 amide bonds. The number of hydrogen-bond donors (Lipinski definition) is 0. The van der Waals surface area contributed by atoms with Crippen LogP contribution in [0.25, 0.3) is 0 Å². The Morgan fingerprint density at radius 3 is 1.30 bits per heavy atom. The molecule has 0 aliphatic carbocycles. The number of rotatable bonds is 17. The molecule has 0 rings (SSSR count). The van der Waals surface area contributed by atoms with Gasteiger partial charge in [0, 0.05) is 0 Å². The molecule has 0 radical (unpaired) electrons. The zero-order valence-electron chi connectivity index (χ0n) is 19.8. The van der Waals surface area contributed by atoms with Crippen LogP contribution in [-0.2, 0) is 29.0 Å². The molecule has 0 aromatic rings. The van der Waals surface area contributed by atoms with Crippen molar-refractivity contribution in [2.45, 2.75) is 117 Å². The Bertz CT molecular complexity index is 420. The third kappa shape index (κ3) is 17.3. The molecule has 0 saturated heterocycles. The first-order valence-corrected chi connectivity index (χ1v) is 11.2. The Balaban J connectivity index is 3.71. The highest BCUT2D eigenvalue weighted by Crippen LogP contribution is 2.20. The highest BCUT2D eigenvalue weighted by molar-refractivity contribution is 5.59. The molecule has 8 heteroatoms. The van der Waals surface area contributed by atoms with Gasteiger partial charge in [0.05, 0.1) is 13.2 Å². The van der Waals surface area contributed by atoms with Crippen molar-refractivity contribution < 1.29 is 38.6 Å². The van der Waals surface area contributed by atoms with Gasteiger partial charge < -0.3 is 9.47 Å². The third-order valence-electron chi connectivity index (χ3n) is 4.41. The summed E-state index contributed by atoms with van der Waals surface area (Å²) in [5.74, 6) is 0. The molecule has 178 valence electrons. The highest BCUT2D eigenvalue weighted by Gasteiger charge is 2.23. The van der Waals surface area contributed by atoms with Gasteiger partial charge >= 0.3 is 12.3 Å². The summed E-state index contributed by atoms with van der Waals surface area (Å²) in [7, 11) is 0. The maximum absolute atomic E-state index is 11.5. The summed E-state index contributed by atoms with van der Waals surface area (Å²) >= 11 is 0. The predicted octanol–water partition coefficient (Wildman–Crippen LogP) is 6.65. The summed E-state index contributed by atoms with van der Waals surface area (Å²) < 4.78 is 9.85. The van der Waals surface area contributed by atoms with E-state index in [1.54, 1.807) is 0 Å². The van der Waals surface area contributed by atoms with Crippen LogP contribution in [0.15, 0.2) is 0 Å². The monoisotopic (exact) mass is 434 g/mol. The maximum Gasteiger partial charge on any atom is 0.540 e. The molecule has 0 heterocycles. The molecule has 0 aliphatic heterocycles. The van der Waals surface area contributed by atoms with Crippen LogP contribution in [-0.4, -0.2) is 36.7 Å². The molecular formula is C22H42O8. The Labute approximate surface area is 181 Å². The second-order valence-electron chi connectivity index (χ2n) is 8.67. The van der Waals surface area contributed by atoms with Crippen LogP contribution < -0.4 is 0 Å². The van der Waals surface area contributed by atoms with Crippen molar-refractivity contribution in [1.29, 1.82) is 0 Å². The summed E-state index contributed by atoms with van der Waals surface area (Å²) in [4.78, 5) is 42.8. The number of carbonyl (C=O) groups is 2. The highest BCUT2D eigenvalue weighted by atomic mass is 17.2. The minimum absolute atomic E-state index is 0.137. The quantitative estimate of drug-likeness (QED) is 0.109. The van der Waals surface area contributed by atoms with E-state index in [9.17, 15) is 9.59 Å². The smallest absolute Gasteiger partial charge is 0.432 e. The average Bonchev–Trinajstić information content (AvgIpc) is 2.68. The first-order chi connectivity index (χ1) is 14.1. The molecule has 0 aliphatic rings. The van der Waals surface area contributed by atoms with E-state index in [0.717, 1.165) is 51.4 Å². The van der Waals surface area contributed by atoms with Gasteiger partial charge in [0.15, 0.2) is 0 Å². The van der Waals surface area contributed by atoms with Crippen LogP contribution in [0, 0.1) is 0 Å². The van der Waals surface area contributed by atoms with E-state index in [0.29, 0.717) is 12.8 Å². The maximum atomic E-state index is 11.5. The first kappa shape index (κ1) is 28.5. The molecule has 0 atom stereocenters. The van der Waals surface area contributed by atoms with Crippen LogP contribution >= 0.6 is 0 Å². The fourth-order valence-corrected chi connectivity index (χ4v) is 2.54. The van der Waals surface area contributed by atoms with E-state index in [2.05, 4.69) is 13.8 Å². The first-order valence-electron chi connectivity index (χ1n) is 11.2. The topological polar surface area (TPSA) is 89.5 Å². The second kappa shape index (κ2) is 16.2. The van der Waals surface area contributed by atoms with Gasteiger partial charge in [0.25, 0.3) is 0 Å². The van der Waals surface area contributed by atoms with Crippen molar-refractivity contribution in [3.63, 3.8) is 0 Å². The molecule has 8 nitrogen and oxygen atoms in total. The largest absolute Gasteiger partial charge is 0.540 e. The van der Waals surface area contributed by atoms with Gasteiger partial charge in [-0.1, -0.05) is 52.4 Å². The molecule has 0 bridgehead atoms. The third-order valence-corrected chi connectivity index (χ3v) is 4.41. The minimum atomic E-state index is -0.877. The summed E-state index contributed by atoms with van der Waals surface area (Å²) in [5.41, 5.74) is -1.09. The normalized spacial score (nSPS) is 11.8. The van der Waals surface area contributed by atoms with E-state index < -0.39 is 23.5 Å². The van der Waals surface area contributed by atoms with Gasteiger partial charge in [-0.2, -0.15) is 9.78 Å². The number of carbonyl (C=O) groups excluding carboxylic acids is 2. The van der Waals surface area contributed by atoms with Crippen LogP contribution in [0.5, 0.6) is 0 Å². The fourth-order valence-electron chi connectivity index (χ4n) is 2.54. The number of ether oxygens (including phenoxy) is 2. The molecule has 0 aromatic carbocycles. The lowest BCUT2D eigenvalue weighted by atomic mass is 10.0. The Kier molecular flexibility index (Phi) is 15.4. The van der Waals surface area contributed by atoms with Crippen molar-refractivity contribution in [2.24, 2.45) is 0 Å². The van der Waals surface area contributed by atoms with Gasteiger partial charge in [-0.3, -0.25) is 9.78 Å². The summed E-state index contributed by atoms with van der Waals surface area (Å²) in [6.07, 6.45) is 7.30. The van der Waals surface area contributed by atoms with Crippen LogP contribution in [0.4, 0.5) is 9.59 Å². The van der Waals surface area contributed by atoms with Gasteiger partial charge in [-0.25, -0.2) is 9.59 Å². The molecule has 0 aromatic heterocycles. The van der Waals surface area contributed by atoms with E-state index in [-0.39, 0.29) is 13.2 Å². The molecular weight excluding hydrogens is 392 g/mol. The van der Waals surface area contributed by atoms with Gasteiger partial charge in [-0.05, 0) is 53.4 Å². The van der Waals surface area contributed by atoms with E-state index in [4.69, 9.17) is 29.0 Å². The lowest BCUT2D eigenvalue weighted by Crippen LogP contribution is -2.26. The molecule has 0 N–H and O–H groups in total. The molecule has 0 unspecified atom stereocenters. The fraction of sp³-hybridized carbons (Fsp3) is 0.909. The number of hydrogen-bond acceptors (Lipinski definition) is 8. The van der Waals surface area contributed by atoms with Crippen molar-refractivity contribution in [3.8, 4) is 0 Å². The van der Waals surface area contributed by atoms with Crippen molar-refractivity contribution in [2.75, 3.05) is 13.2 Å². The lowest BCUT2D eigenvalue weighted by Gasteiger charge is -2.22. The zero-order valence-corrected chi connectivity index (χ0v) is 19.8. The van der Waals surface area contributed by atoms with Crippen LogP contribution in [0.2, 0.25) is 0 Å².